The van der Waals surface area contributed by atoms with E-state index in [9.17, 15) is 14.4 Å². The highest BCUT2D eigenvalue weighted by molar-refractivity contribution is 5.72. The van der Waals surface area contributed by atoms with Crippen molar-refractivity contribution in [1.82, 2.24) is 15.1 Å². The molecule has 0 saturated carbocycles. The molecule has 2 aliphatic heterocycles. The molecule has 0 bridgehead atoms. The van der Waals surface area contributed by atoms with Gasteiger partial charge in [0.05, 0.1) is 6.61 Å². The fourth-order valence-electron chi connectivity index (χ4n) is 4.86. The molecule has 10 nitrogen and oxygen atoms in total. The Morgan fingerprint density at radius 1 is 0.732 bits per heavy atom. The molecular weight excluding hydrogens is 526 g/mol. The van der Waals surface area contributed by atoms with Crippen LogP contribution in [0.15, 0.2) is 54.6 Å². The van der Waals surface area contributed by atoms with Crippen molar-refractivity contribution in [3.05, 3.63) is 54.6 Å². The Morgan fingerprint density at radius 2 is 1.41 bits per heavy atom. The molecular formula is C31H41N3O7. The van der Waals surface area contributed by atoms with Gasteiger partial charge in [-0.25, -0.2) is 14.4 Å². The Kier molecular flexibility index (Phi) is 12.0. The number of nitrogens with zero attached hydrogens (tertiary/aromatic N) is 2. The molecule has 41 heavy (non-hydrogen) atoms. The number of alkyl carbamates (subject to hydrolysis) is 1. The number of benzene rings is 2. The Labute approximate surface area is 241 Å². The lowest BCUT2D eigenvalue weighted by Crippen LogP contribution is -2.48. The minimum absolute atomic E-state index is 0.207. The third-order valence-electron chi connectivity index (χ3n) is 7.11. The smallest absolute Gasteiger partial charge is 0.418 e. The lowest BCUT2D eigenvalue weighted by molar-refractivity contribution is -0.0224. The van der Waals surface area contributed by atoms with Crippen molar-refractivity contribution in [2.24, 2.45) is 0 Å². The largest absolute Gasteiger partial charge is 0.457 e. The minimum Gasteiger partial charge on any atom is -0.457 e. The Morgan fingerprint density at radius 3 is 2.20 bits per heavy atom. The van der Waals surface area contributed by atoms with Crippen LogP contribution in [0.3, 0.4) is 0 Å². The first-order chi connectivity index (χ1) is 20.1. The van der Waals surface area contributed by atoms with E-state index in [0.29, 0.717) is 37.6 Å². The van der Waals surface area contributed by atoms with E-state index in [4.69, 9.17) is 18.9 Å². The summed E-state index contributed by atoms with van der Waals surface area (Å²) < 4.78 is 22.3. The van der Waals surface area contributed by atoms with Gasteiger partial charge in [0.15, 0.2) is 6.23 Å². The average Bonchev–Trinajstić information content (AvgIpc) is 3.00. The van der Waals surface area contributed by atoms with Gasteiger partial charge in [0.1, 0.15) is 17.2 Å². The van der Waals surface area contributed by atoms with Gasteiger partial charge < -0.3 is 29.2 Å². The first kappa shape index (κ1) is 30.0. The van der Waals surface area contributed by atoms with E-state index in [1.54, 1.807) is 29.2 Å². The molecule has 2 aromatic rings. The van der Waals surface area contributed by atoms with Crippen LogP contribution in [0, 0.1) is 0 Å². The van der Waals surface area contributed by atoms with Crippen molar-refractivity contribution in [3.63, 3.8) is 0 Å². The van der Waals surface area contributed by atoms with Gasteiger partial charge in [-0.3, -0.25) is 4.90 Å². The van der Waals surface area contributed by atoms with Gasteiger partial charge >= 0.3 is 18.3 Å². The summed E-state index contributed by atoms with van der Waals surface area (Å²) in [5.74, 6) is 1.73. The Hall–Kier alpha value is -3.95. The monoisotopic (exact) mass is 567 g/mol. The van der Waals surface area contributed by atoms with Crippen molar-refractivity contribution >= 4 is 18.3 Å². The normalized spacial score (nSPS) is 16.9. The number of rotatable bonds is 11. The van der Waals surface area contributed by atoms with Crippen molar-refractivity contribution in [2.75, 3.05) is 32.8 Å². The number of amides is 3. The highest BCUT2D eigenvalue weighted by Gasteiger charge is 2.31. The van der Waals surface area contributed by atoms with Crippen molar-refractivity contribution < 1.29 is 33.3 Å². The fraction of sp³-hybridized carbons (Fsp3) is 0.516. The number of hydrogen-bond donors (Lipinski definition) is 1. The van der Waals surface area contributed by atoms with Gasteiger partial charge in [-0.15, -0.1) is 0 Å². The standard InChI is InChI=1S/C31H41N3O7/c35-29(32-20-8-1-2-12-24-38-30(36)33-21-9-4-10-22-33)41-28-15-7-11-23-34(28)31(37)40-27-18-16-26(17-19-27)39-25-13-5-3-6-14-25/h3,5-6,13-14,16-19,28H,1-2,4,7-12,15,20-24H2,(H,32,35). The molecule has 2 aliphatic rings. The molecule has 3 amide bonds. The Bertz CT molecular complexity index is 1090. The molecule has 1 N–H and O–H groups in total. The lowest BCUT2D eigenvalue weighted by atomic mass is 10.1. The molecule has 2 heterocycles. The van der Waals surface area contributed by atoms with Crippen LogP contribution in [-0.4, -0.2) is 67.1 Å². The van der Waals surface area contributed by atoms with Crippen LogP contribution in [0.25, 0.3) is 0 Å². The second kappa shape index (κ2) is 16.3. The van der Waals surface area contributed by atoms with E-state index in [0.717, 1.165) is 70.2 Å². The highest BCUT2D eigenvalue weighted by Crippen LogP contribution is 2.25. The van der Waals surface area contributed by atoms with E-state index in [1.807, 2.05) is 30.3 Å². The number of carbonyl (C=O) groups is 3. The molecule has 0 spiro atoms. The number of para-hydroxylation sites is 1. The summed E-state index contributed by atoms with van der Waals surface area (Å²) in [6.07, 6.45) is 6.91. The molecule has 1 atom stereocenters. The third-order valence-corrected chi connectivity index (χ3v) is 7.11. The maximum atomic E-state index is 12.9. The van der Waals surface area contributed by atoms with E-state index >= 15 is 0 Å². The summed E-state index contributed by atoms with van der Waals surface area (Å²) in [6, 6.07) is 16.2. The van der Waals surface area contributed by atoms with Gasteiger partial charge in [-0.2, -0.15) is 0 Å². The molecule has 2 fully saturated rings. The zero-order valence-corrected chi connectivity index (χ0v) is 23.6. The van der Waals surface area contributed by atoms with Gasteiger partial charge in [0.2, 0.25) is 0 Å². The summed E-state index contributed by atoms with van der Waals surface area (Å²) in [6.45, 7) is 2.93. The molecule has 0 aromatic heterocycles. The van der Waals surface area contributed by atoms with Crippen LogP contribution in [0.2, 0.25) is 0 Å². The van der Waals surface area contributed by atoms with Gasteiger partial charge in [0, 0.05) is 32.6 Å². The highest BCUT2D eigenvalue weighted by atomic mass is 16.6. The quantitative estimate of drug-likeness (QED) is 0.301. The maximum Gasteiger partial charge on any atom is 0.418 e. The van der Waals surface area contributed by atoms with Gasteiger partial charge in [0.25, 0.3) is 0 Å². The summed E-state index contributed by atoms with van der Waals surface area (Å²) in [7, 11) is 0. The molecule has 222 valence electrons. The summed E-state index contributed by atoms with van der Waals surface area (Å²) in [4.78, 5) is 40.5. The van der Waals surface area contributed by atoms with E-state index in [2.05, 4.69) is 5.32 Å². The van der Waals surface area contributed by atoms with E-state index in [-0.39, 0.29) is 6.09 Å². The maximum absolute atomic E-state index is 12.9. The minimum atomic E-state index is -0.675. The predicted molar refractivity (Wildman–Crippen MR) is 153 cm³/mol. The number of hydrogen-bond acceptors (Lipinski definition) is 7. The molecule has 0 radical (unpaired) electrons. The zero-order valence-electron chi connectivity index (χ0n) is 23.6. The van der Waals surface area contributed by atoms with Crippen molar-refractivity contribution in [1.29, 1.82) is 0 Å². The predicted octanol–water partition coefficient (Wildman–Crippen LogP) is 6.70. The first-order valence-corrected chi connectivity index (χ1v) is 14.8. The second-order valence-electron chi connectivity index (χ2n) is 10.3. The van der Waals surface area contributed by atoms with Crippen molar-refractivity contribution in [2.45, 2.75) is 70.4 Å². The molecule has 10 heteroatoms. The van der Waals surface area contributed by atoms with Crippen LogP contribution in [0.5, 0.6) is 17.2 Å². The summed E-state index contributed by atoms with van der Waals surface area (Å²) >= 11 is 0. The SMILES string of the molecule is O=C(NCCCCCCOC(=O)N1CCCCC1)OC1CCCCN1C(=O)Oc1ccc(Oc2ccccc2)cc1. The van der Waals surface area contributed by atoms with Gasteiger partial charge in [-0.1, -0.05) is 24.6 Å². The van der Waals surface area contributed by atoms with Gasteiger partial charge in [-0.05, 0) is 87.8 Å². The molecule has 2 aromatic carbocycles. The average molecular weight is 568 g/mol. The second-order valence-corrected chi connectivity index (χ2v) is 10.3. The van der Waals surface area contributed by atoms with E-state index in [1.165, 1.54) is 11.3 Å². The van der Waals surface area contributed by atoms with Crippen LogP contribution in [0.1, 0.15) is 64.2 Å². The Balaban J connectivity index is 1.10. The number of nitrogens with one attached hydrogen (secondary N) is 1. The van der Waals surface area contributed by atoms with Crippen LogP contribution < -0.4 is 14.8 Å². The van der Waals surface area contributed by atoms with Crippen LogP contribution >= 0.6 is 0 Å². The summed E-state index contributed by atoms with van der Waals surface area (Å²) in [5, 5.41) is 2.77. The van der Waals surface area contributed by atoms with Crippen molar-refractivity contribution in [3.8, 4) is 17.2 Å². The number of unbranched alkanes of at least 4 members (excludes halogenated alkanes) is 3. The number of carbonyl (C=O) groups excluding carboxylic acids is 3. The molecule has 1 unspecified atom stereocenters. The molecule has 0 aliphatic carbocycles. The third kappa shape index (κ3) is 10.2. The first-order valence-electron chi connectivity index (χ1n) is 14.8. The number of piperidine rings is 2. The zero-order chi connectivity index (χ0) is 28.7. The number of likely N-dealkylation sites (tertiary alicyclic amines) is 2. The van der Waals surface area contributed by atoms with Crippen LogP contribution in [-0.2, 0) is 9.47 Å². The number of ether oxygens (including phenoxy) is 4. The topological polar surface area (TPSA) is 107 Å². The van der Waals surface area contributed by atoms with Crippen LogP contribution in [0.4, 0.5) is 14.4 Å². The summed E-state index contributed by atoms with van der Waals surface area (Å²) in [5.41, 5.74) is 0. The molecule has 4 rings (SSSR count). The molecule has 2 saturated heterocycles. The fourth-order valence-corrected chi connectivity index (χ4v) is 4.86. The lowest BCUT2D eigenvalue weighted by Gasteiger charge is -2.33. The van der Waals surface area contributed by atoms with E-state index < -0.39 is 18.4 Å².